The van der Waals surface area contributed by atoms with Crippen molar-refractivity contribution in [2.24, 2.45) is 0 Å². The molecule has 3 amide bonds. The lowest BCUT2D eigenvalue weighted by molar-refractivity contribution is -0.141. The minimum Gasteiger partial charge on any atom is -0.444 e. The number of benzene rings is 2. The van der Waals surface area contributed by atoms with Gasteiger partial charge >= 0.3 is 6.09 Å². The summed E-state index contributed by atoms with van der Waals surface area (Å²) in [6.07, 6.45) is 3.93. The van der Waals surface area contributed by atoms with Crippen LogP contribution in [0.4, 0.5) is 10.5 Å². The van der Waals surface area contributed by atoms with Gasteiger partial charge in [0.1, 0.15) is 17.7 Å². The second-order valence-electron chi connectivity index (χ2n) is 11.8. The van der Waals surface area contributed by atoms with Crippen molar-refractivity contribution in [3.63, 3.8) is 0 Å². The number of aliphatic hydroxyl groups excluding tert-OH is 1. The SMILES string of the molecule is CCCCCCCN(C(=O)C(CO)NC(=O)OC(C)(C)C)C(C(=O)Nc1c(C)cccc1C)c1ccc(C)c(C)c1. The molecule has 0 aliphatic carbocycles. The number of aliphatic hydroxyl groups is 1. The summed E-state index contributed by atoms with van der Waals surface area (Å²) in [5.41, 5.74) is 4.47. The zero-order valence-electron chi connectivity index (χ0n) is 26.1. The highest BCUT2D eigenvalue weighted by atomic mass is 16.6. The number of unbranched alkanes of at least 4 members (excludes halogenated alkanes) is 4. The van der Waals surface area contributed by atoms with Crippen LogP contribution in [0.25, 0.3) is 0 Å². The Bertz CT molecular complexity index is 1170. The van der Waals surface area contributed by atoms with Crippen molar-refractivity contribution >= 4 is 23.6 Å². The first-order valence-corrected chi connectivity index (χ1v) is 14.6. The van der Waals surface area contributed by atoms with E-state index in [4.69, 9.17) is 4.74 Å². The van der Waals surface area contributed by atoms with E-state index in [0.29, 0.717) is 17.7 Å². The standard InChI is InChI=1S/C33H49N3O5/c1-9-10-11-12-13-19-36(31(39)27(21-37)34-32(40)41-33(6,7)8)29(26-18-17-22(2)25(5)20-26)30(38)35-28-23(3)15-14-16-24(28)4/h14-18,20,27,29,37H,9-13,19,21H2,1-8H3,(H,34,40)(H,35,38). The first-order chi connectivity index (χ1) is 19.3. The third kappa shape index (κ3) is 10.2. The zero-order valence-corrected chi connectivity index (χ0v) is 26.1. The minimum atomic E-state index is -1.28. The number of nitrogens with zero attached hydrogens (tertiary/aromatic N) is 1. The fraction of sp³-hybridized carbons (Fsp3) is 0.545. The van der Waals surface area contributed by atoms with Crippen LogP contribution in [-0.2, 0) is 14.3 Å². The number of amides is 3. The number of carbonyl (C=O) groups is 3. The summed E-state index contributed by atoms with van der Waals surface area (Å²) in [6, 6.07) is 9.26. The van der Waals surface area contributed by atoms with Gasteiger partial charge in [0.25, 0.3) is 5.91 Å². The van der Waals surface area contributed by atoms with E-state index in [9.17, 15) is 19.5 Å². The molecule has 0 radical (unpaired) electrons. The van der Waals surface area contributed by atoms with E-state index in [1.54, 1.807) is 20.8 Å². The topological polar surface area (TPSA) is 108 Å². The number of alkyl carbamates (subject to hydrolysis) is 1. The van der Waals surface area contributed by atoms with Crippen LogP contribution >= 0.6 is 0 Å². The van der Waals surface area contributed by atoms with Gasteiger partial charge in [-0.3, -0.25) is 9.59 Å². The first kappa shape index (κ1) is 33.8. The Morgan fingerprint density at radius 2 is 1.54 bits per heavy atom. The number of aryl methyl sites for hydroxylation is 4. The van der Waals surface area contributed by atoms with Gasteiger partial charge < -0.3 is 25.4 Å². The normalized spacial score (nSPS) is 12.8. The van der Waals surface area contributed by atoms with Crippen LogP contribution in [-0.4, -0.2) is 52.7 Å². The molecular formula is C33H49N3O5. The molecule has 8 heteroatoms. The maximum absolute atomic E-state index is 14.1. The highest BCUT2D eigenvalue weighted by molar-refractivity contribution is 6.00. The third-order valence-electron chi connectivity index (χ3n) is 7.09. The Hall–Kier alpha value is -3.39. The molecule has 3 N–H and O–H groups in total. The Labute approximate surface area is 245 Å². The third-order valence-corrected chi connectivity index (χ3v) is 7.09. The van der Waals surface area contributed by atoms with Crippen molar-refractivity contribution in [2.75, 3.05) is 18.5 Å². The lowest BCUT2D eigenvalue weighted by Crippen LogP contribution is -2.54. The van der Waals surface area contributed by atoms with Crippen LogP contribution < -0.4 is 10.6 Å². The van der Waals surface area contributed by atoms with Crippen LogP contribution in [0.15, 0.2) is 36.4 Å². The summed E-state index contributed by atoms with van der Waals surface area (Å²) in [5.74, 6) is -0.907. The summed E-state index contributed by atoms with van der Waals surface area (Å²) >= 11 is 0. The number of nitrogens with one attached hydrogen (secondary N) is 2. The molecule has 0 aliphatic rings. The number of rotatable bonds is 13. The van der Waals surface area contributed by atoms with Crippen molar-refractivity contribution in [1.29, 1.82) is 0 Å². The molecule has 0 aromatic heterocycles. The van der Waals surface area contributed by atoms with Crippen LogP contribution in [0.5, 0.6) is 0 Å². The number of carbonyl (C=O) groups excluding carboxylic acids is 3. The van der Waals surface area contributed by atoms with Gasteiger partial charge in [-0.15, -0.1) is 0 Å². The van der Waals surface area contributed by atoms with E-state index in [0.717, 1.165) is 47.9 Å². The second-order valence-corrected chi connectivity index (χ2v) is 11.8. The van der Waals surface area contributed by atoms with E-state index in [1.807, 2.05) is 64.1 Å². The molecule has 0 bridgehead atoms. The molecule has 2 aromatic rings. The lowest BCUT2D eigenvalue weighted by atomic mass is 9.97. The average Bonchev–Trinajstić information content (AvgIpc) is 2.89. The molecule has 2 rings (SSSR count). The molecule has 0 aliphatic heterocycles. The molecule has 0 saturated carbocycles. The molecular weight excluding hydrogens is 518 g/mol. The van der Waals surface area contributed by atoms with E-state index < -0.39 is 36.3 Å². The predicted octanol–water partition coefficient (Wildman–Crippen LogP) is 6.28. The summed E-state index contributed by atoms with van der Waals surface area (Å²) in [5, 5.41) is 15.8. The number of para-hydroxylation sites is 1. The fourth-order valence-electron chi connectivity index (χ4n) is 4.70. The molecule has 8 nitrogen and oxygen atoms in total. The highest BCUT2D eigenvalue weighted by Gasteiger charge is 2.36. The summed E-state index contributed by atoms with van der Waals surface area (Å²) in [7, 11) is 0. The van der Waals surface area contributed by atoms with E-state index >= 15 is 0 Å². The molecule has 2 aromatic carbocycles. The lowest BCUT2D eigenvalue weighted by Gasteiger charge is -2.34. The Morgan fingerprint density at radius 1 is 0.902 bits per heavy atom. The van der Waals surface area contributed by atoms with E-state index in [-0.39, 0.29) is 12.5 Å². The fourth-order valence-corrected chi connectivity index (χ4v) is 4.70. The number of hydrogen-bond donors (Lipinski definition) is 3. The van der Waals surface area contributed by atoms with Crippen LogP contribution in [0.1, 0.15) is 93.7 Å². The van der Waals surface area contributed by atoms with Crippen LogP contribution in [0.2, 0.25) is 0 Å². The van der Waals surface area contributed by atoms with Crippen LogP contribution in [0, 0.1) is 27.7 Å². The smallest absolute Gasteiger partial charge is 0.408 e. The zero-order chi connectivity index (χ0) is 30.7. The molecule has 0 fully saturated rings. The predicted molar refractivity (Wildman–Crippen MR) is 164 cm³/mol. The van der Waals surface area contributed by atoms with Crippen LogP contribution in [0.3, 0.4) is 0 Å². The minimum absolute atomic E-state index is 0.285. The van der Waals surface area contributed by atoms with Gasteiger partial charge in [0, 0.05) is 12.2 Å². The largest absolute Gasteiger partial charge is 0.444 e. The van der Waals surface area contributed by atoms with Crippen molar-refractivity contribution in [1.82, 2.24) is 10.2 Å². The number of anilines is 1. The number of hydrogen-bond acceptors (Lipinski definition) is 5. The van der Waals surface area contributed by atoms with Gasteiger partial charge in [-0.25, -0.2) is 4.79 Å². The molecule has 226 valence electrons. The Morgan fingerprint density at radius 3 is 2.10 bits per heavy atom. The van der Waals surface area contributed by atoms with Crippen molar-refractivity contribution in [3.8, 4) is 0 Å². The maximum Gasteiger partial charge on any atom is 0.408 e. The second kappa shape index (κ2) is 15.6. The van der Waals surface area contributed by atoms with Gasteiger partial charge in [-0.2, -0.15) is 0 Å². The highest BCUT2D eigenvalue weighted by Crippen LogP contribution is 2.28. The number of ether oxygens (including phenoxy) is 1. The van der Waals surface area contributed by atoms with Gasteiger partial charge in [-0.1, -0.05) is 69.0 Å². The maximum atomic E-state index is 14.1. The Kier molecular flexibility index (Phi) is 12.8. The van der Waals surface area contributed by atoms with Crippen molar-refractivity contribution in [3.05, 3.63) is 64.2 Å². The van der Waals surface area contributed by atoms with E-state index in [1.165, 1.54) is 4.90 Å². The van der Waals surface area contributed by atoms with Crippen molar-refractivity contribution in [2.45, 2.75) is 105 Å². The molecule has 0 saturated heterocycles. The molecule has 0 heterocycles. The van der Waals surface area contributed by atoms with Gasteiger partial charge in [0.2, 0.25) is 5.91 Å². The Balaban J connectivity index is 2.55. The van der Waals surface area contributed by atoms with Gasteiger partial charge in [0.15, 0.2) is 0 Å². The van der Waals surface area contributed by atoms with Gasteiger partial charge in [0.05, 0.1) is 6.61 Å². The molecule has 41 heavy (non-hydrogen) atoms. The summed E-state index contributed by atoms with van der Waals surface area (Å²) < 4.78 is 5.34. The molecule has 2 atom stereocenters. The van der Waals surface area contributed by atoms with E-state index in [2.05, 4.69) is 17.6 Å². The summed E-state index contributed by atoms with van der Waals surface area (Å²) in [6.45, 7) is 14.8. The monoisotopic (exact) mass is 567 g/mol. The van der Waals surface area contributed by atoms with Crippen molar-refractivity contribution < 1.29 is 24.2 Å². The quantitative estimate of drug-likeness (QED) is 0.247. The molecule has 2 unspecified atom stereocenters. The first-order valence-electron chi connectivity index (χ1n) is 14.6. The molecule has 0 spiro atoms. The van der Waals surface area contributed by atoms with Gasteiger partial charge in [-0.05, 0) is 82.7 Å². The average molecular weight is 568 g/mol. The summed E-state index contributed by atoms with van der Waals surface area (Å²) in [4.78, 5) is 42.3.